The molecule has 1 aromatic carbocycles. The highest BCUT2D eigenvalue weighted by Gasteiger charge is 2.40. The molecule has 3 nitrogen and oxygen atoms in total. The zero-order chi connectivity index (χ0) is 14.6. The molecular weight excluding hydrogens is 272 g/mol. The summed E-state index contributed by atoms with van der Waals surface area (Å²) in [5.41, 5.74) is 2.28. The third-order valence-electron chi connectivity index (χ3n) is 4.00. The highest BCUT2D eigenvalue weighted by Crippen LogP contribution is 2.48. The van der Waals surface area contributed by atoms with Crippen LogP contribution in [0.5, 0.6) is 0 Å². The Labute approximate surface area is 126 Å². The first-order chi connectivity index (χ1) is 9.54. The average Bonchev–Trinajstić information content (AvgIpc) is 3.14. The molecule has 1 saturated carbocycles. The Hall–Kier alpha value is -1.06. The lowest BCUT2D eigenvalue weighted by atomic mass is 10.0. The minimum absolute atomic E-state index is 0.0114. The molecule has 4 heteroatoms. The molecule has 110 valence electrons. The Balaban J connectivity index is 1.77. The van der Waals surface area contributed by atoms with Gasteiger partial charge < -0.3 is 10.6 Å². The van der Waals surface area contributed by atoms with E-state index in [0.717, 1.165) is 17.8 Å². The van der Waals surface area contributed by atoms with Crippen molar-refractivity contribution in [2.24, 2.45) is 5.41 Å². The second-order valence-electron chi connectivity index (χ2n) is 5.86. The first-order valence-corrected chi connectivity index (χ1v) is 7.69. The molecular formula is C16H23ClN2O. The maximum Gasteiger partial charge on any atom is 0.238 e. The highest BCUT2D eigenvalue weighted by molar-refractivity contribution is 6.31. The van der Waals surface area contributed by atoms with E-state index >= 15 is 0 Å². The first kappa shape index (κ1) is 15.3. The fraction of sp³-hybridized carbons (Fsp3) is 0.562. The monoisotopic (exact) mass is 294 g/mol. The van der Waals surface area contributed by atoms with E-state index in [1.807, 2.05) is 19.1 Å². The van der Waals surface area contributed by atoms with Crippen molar-refractivity contribution in [2.75, 3.05) is 18.4 Å². The van der Waals surface area contributed by atoms with Crippen molar-refractivity contribution in [3.63, 3.8) is 0 Å². The fourth-order valence-electron chi connectivity index (χ4n) is 2.59. The summed E-state index contributed by atoms with van der Waals surface area (Å²) in [5, 5.41) is 6.82. The predicted octanol–water partition coefficient (Wildman–Crippen LogP) is 3.76. The lowest BCUT2D eigenvalue weighted by Gasteiger charge is -2.15. The molecule has 1 aromatic rings. The maximum absolute atomic E-state index is 11.9. The van der Waals surface area contributed by atoms with E-state index in [2.05, 4.69) is 17.6 Å². The molecule has 2 rings (SSSR count). The second kappa shape index (κ2) is 6.59. The summed E-state index contributed by atoms with van der Waals surface area (Å²) in [7, 11) is 0. The number of carbonyl (C=O) groups is 1. The van der Waals surface area contributed by atoms with Crippen LogP contribution in [0.4, 0.5) is 5.69 Å². The molecule has 0 radical (unpaired) electrons. The summed E-state index contributed by atoms with van der Waals surface area (Å²) in [6.07, 6.45) is 5.07. The molecule has 1 amide bonds. The number of aryl methyl sites for hydroxylation is 1. The number of hydrogen-bond donors (Lipinski definition) is 2. The van der Waals surface area contributed by atoms with Gasteiger partial charge in [0.05, 0.1) is 6.54 Å². The fourth-order valence-corrected chi connectivity index (χ4v) is 2.76. The number of nitrogens with one attached hydrogen (secondary N) is 2. The standard InChI is InChI=1S/C16H23ClN2O/c1-3-6-16(7-8-16)11-18-10-15(20)19-14-9-13(17)5-4-12(14)2/h4-5,9,18H,3,6-8,10-11H2,1-2H3,(H,19,20). The van der Waals surface area contributed by atoms with Gasteiger partial charge >= 0.3 is 0 Å². The van der Waals surface area contributed by atoms with Gasteiger partial charge in [0.2, 0.25) is 5.91 Å². The first-order valence-electron chi connectivity index (χ1n) is 7.31. The van der Waals surface area contributed by atoms with Gasteiger partial charge in [-0.25, -0.2) is 0 Å². The van der Waals surface area contributed by atoms with Crippen LogP contribution in [0.15, 0.2) is 18.2 Å². The number of halogens is 1. The van der Waals surface area contributed by atoms with Gasteiger partial charge in [0.1, 0.15) is 0 Å². The topological polar surface area (TPSA) is 41.1 Å². The maximum atomic E-state index is 11.9. The minimum Gasteiger partial charge on any atom is -0.325 e. The lowest BCUT2D eigenvalue weighted by Crippen LogP contribution is -2.32. The molecule has 20 heavy (non-hydrogen) atoms. The van der Waals surface area contributed by atoms with Gasteiger partial charge in [0.15, 0.2) is 0 Å². The van der Waals surface area contributed by atoms with E-state index in [0.29, 0.717) is 17.0 Å². The van der Waals surface area contributed by atoms with E-state index in [1.54, 1.807) is 6.07 Å². The molecule has 2 N–H and O–H groups in total. The summed E-state index contributed by atoms with van der Waals surface area (Å²) < 4.78 is 0. The summed E-state index contributed by atoms with van der Waals surface area (Å²) in [5.74, 6) is -0.0114. The van der Waals surface area contributed by atoms with E-state index in [1.165, 1.54) is 25.7 Å². The number of amides is 1. The van der Waals surface area contributed by atoms with Crippen LogP contribution in [-0.4, -0.2) is 19.0 Å². The van der Waals surface area contributed by atoms with Crippen molar-refractivity contribution in [1.29, 1.82) is 0 Å². The van der Waals surface area contributed by atoms with Gasteiger partial charge in [-0.3, -0.25) is 4.79 Å². The number of anilines is 1. The Bertz CT molecular complexity index is 483. The zero-order valence-electron chi connectivity index (χ0n) is 12.3. The van der Waals surface area contributed by atoms with Gasteiger partial charge in [-0.05, 0) is 49.3 Å². The normalized spacial score (nSPS) is 15.9. The molecule has 0 aromatic heterocycles. The SMILES string of the molecule is CCCC1(CNCC(=O)Nc2cc(Cl)ccc2C)CC1. The van der Waals surface area contributed by atoms with Crippen LogP contribution in [0.1, 0.15) is 38.2 Å². The van der Waals surface area contributed by atoms with E-state index in [4.69, 9.17) is 11.6 Å². The Kier molecular flexibility index (Phi) is 5.06. The summed E-state index contributed by atoms with van der Waals surface area (Å²) in [6, 6.07) is 5.52. The van der Waals surface area contributed by atoms with Crippen LogP contribution < -0.4 is 10.6 Å². The van der Waals surface area contributed by atoms with Gasteiger partial charge in [0.25, 0.3) is 0 Å². The van der Waals surface area contributed by atoms with Crippen molar-refractivity contribution >= 4 is 23.2 Å². The van der Waals surface area contributed by atoms with Crippen molar-refractivity contribution in [3.05, 3.63) is 28.8 Å². The van der Waals surface area contributed by atoms with Gasteiger partial charge in [0, 0.05) is 17.3 Å². The van der Waals surface area contributed by atoms with Crippen LogP contribution in [0.2, 0.25) is 5.02 Å². The van der Waals surface area contributed by atoms with Gasteiger partial charge in [-0.2, -0.15) is 0 Å². The average molecular weight is 295 g/mol. The highest BCUT2D eigenvalue weighted by atomic mass is 35.5. The quantitative estimate of drug-likeness (QED) is 0.804. The predicted molar refractivity (Wildman–Crippen MR) is 84.3 cm³/mol. The molecule has 0 atom stereocenters. The van der Waals surface area contributed by atoms with Crippen molar-refractivity contribution in [2.45, 2.75) is 39.5 Å². The van der Waals surface area contributed by atoms with Crippen molar-refractivity contribution in [3.8, 4) is 0 Å². The molecule has 0 saturated heterocycles. The summed E-state index contributed by atoms with van der Waals surface area (Å²) >= 11 is 5.94. The van der Waals surface area contributed by atoms with Crippen LogP contribution in [-0.2, 0) is 4.79 Å². The third-order valence-corrected chi connectivity index (χ3v) is 4.23. The van der Waals surface area contributed by atoms with Crippen molar-refractivity contribution < 1.29 is 4.79 Å². The minimum atomic E-state index is -0.0114. The molecule has 0 unspecified atom stereocenters. The summed E-state index contributed by atoms with van der Waals surface area (Å²) in [4.78, 5) is 11.9. The molecule has 0 spiro atoms. The van der Waals surface area contributed by atoms with Crippen LogP contribution in [0.3, 0.4) is 0 Å². The van der Waals surface area contributed by atoms with Crippen LogP contribution in [0, 0.1) is 12.3 Å². The molecule has 1 aliphatic rings. The molecule has 0 heterocycles. The van der Waals surface area contributed by atoms with Crippen LogP contribution >= 0.6 is 11.6 Å². The molecule has 0 aliphatic heterocycles. The number of hydrogen-bond acceptors (Lipinski definition) is 2. The Morgan fingerprint density at radius 2 is 2.15 bits per heavy atom. The number of rotatable bonds is 7. The lowest BCUT2D eigenvalue weighted by molar-refractivity contribution is -0.115. The third kappa shape index (κ3) is 4.22. The van der Waals surface area contributed by atoms with E-state index < -0.39 is 0 Å². The molecule has 0 bridgehead atoms. The zero-order valence-corrected chi connectivity index (χ0v) is 13.0. The molecule has 1 aliphatic carbocycles. The largest absolute Gasteiger partial charge is 0.325 e. The smallest absolute Gasteiger partial charge is 0.238 e. The Morgan fingerprint density at radius 3 is 2.80 bits per heavy atom. The van der Waals surface area contributed by atoms with E-state index in [9.17, 15) is 4.79 Å². The second-order valence-corrected chi connectivity index (χ2v) is 6.30. The van der Waals surface area contributed by atoms with Gasteiger partial charge in [-0.1, -0.05) is 31.0 Å². The number of benzene rings is 1. The van der Waals surface area contributed by atoms with Crippen LogP contribution in [0.25, 0.3) is 0 Å². The summed E-state index contributed by atoms with van der Waals surface area (Å²) in [6.45, 7) is 5.48. The van der Waals surface area contributed by atoms with Gasteiger partial charge in [-0.15, -0.1) is 0 Å². The number of carbonyl (C=O) groups excluding carboxylic acids is 1. The molecule has 1 fully saturated rings. The van der Waals surface area contributed by atoms with E-state index in [-0.39, 0.29) is 5.91 Å². The Morgan fingerprint density at radius 1 is 1.40 bits per heavy atom. The van der Waals surface area contributed by atoms with Crippen molar-refractivity contribution in [1.82, 2.24) is 5.32 Å².